The van der Waals surface area contributed by atoms with Gasteiger partial charge in [-0.2, -0.15) is 0 Å². The largest absolute Gasteiger partial charge is 0.354 e. The minimum Gasteiger partial charge on any atom is -0.354 e. The van der Waals surface area contributed by atoms with Crippen molar-refractivity contribution in [2.75, 3.05) is 5.32 Å². The van der Waals surface area contributed by atoms with Crippen molar-refractivity contribution >= 4 is 28.9 Å². The van der Waals surface area contributed by atoms with Crippen LogP contribution in [0.15, 0.2) is 58.3 Å². The number of ketones is 1. The third-order valence-corrected chi connectivity index (χ3v) is 3.91. The third kappa shape index (κ3) is 3.61. The van der Waals surface area contributed by atoms with Crippen LogP contribution in [-0.2, 0) is 4.79 Å². The Labute approximate surface area is 118 Å². The van der Waals surface area contributed by atoms with E-state index in [9.17, 15) is 4.79 Å². The zero-order valence-corrected chi connectivity index (χ0v) is 12.0. The fourth-order valence-electron chi connectivity index (χ4n) is 1.58. The van der Waals surface area contributed by atoms with E-state index >= 15 is 0 Å². The normalized spacial score (nSPS) is 11.3. The Hall–Kier alpha value is -1.74. The molecule has 3 rings (SSSR count). The van der Waals surface area contributed by atoms with Gasteiger partial charge >= 0.3 is 0 Å². The predicted molar refractivity (Wildman–Crippen MR) is 81.3 cm³/mol. The first kappa shape index (κ1) is 13.7. The lowest BCUT2D eigenvalue weighted by Gasteiger charge is -2.19. The van der Waals surface area contributed by atoms with Gasteiger partial charge in [0, 0.05) is 16.2 Å². The average molecular weight is 271 g/mol. The first-order chi connectivity index (χ1) is 9.20. The zero-order valence-electron chi connectivity index (χ0n) is 11.1. The van der Waals surface area contributed by atoms with Gasteiger partial charge < -0.3 is 10.1 Å². The molecule has 0 aromatic heterocycles. The highest BCUT2D eigenvalue weighted by atomic mass is 32.2. The fourth-order valence-corrected chi connectivity index (χ4v) is 2.57. The smallest absolute Gasteiger partial charge is 0.129 e. The minimum absolute atomic E-state index is 0.255. The van der Waals surface area contributed by atoms with Crippen molar-refractivity contribution in [2.24, 2.45) is 0 Å². The van der Waals surface area contributed by atoms with Crippen molar-refractivity contribution in [1.82, 2.24) is 0 Å². The lowest BCUT2D eigenvalue weighted by molar-refractivity contribution is -0.116. The number of hydrogen-bond donors (Lipinski definition) is 1. The molecular formula is C16H17NOS. The Kier molecular flexibility index (Phi) is 4.63. The number of hydrogen-bond acceptors (Lipinski definition) is 3. The van der Waals surface area contributed by atoms with Gasteiger partial charge in [0.25, 0.3) is 0 Å². The second kappa shape index (κ2) is 6.43. The SMILES string of the molecule is CCC(C)=O.c1ccc2c(c1)Nc1ccccc1S2. The molecule has 0 saturated heterocycles. The molecule has 98 valence electrons. The first-order valence-electron chi connectivity index (χ1n) is 6.33. The van der Waals surface area contributed by atoms with Crippen LogP contribution in [0.2, 0.25) is 0 Å². The van der Waals surface area contributed by atoms with Gasteiger partial charge in [0.2, 0.25) is 0 Å². The van der Waals surface area contributed by atoms with Crippen LogP contribution in [0.1, 0.15) is 20.3 Å². The van der Waals surface area contributed by atoms with Crippen molar-refractivity contribution in [1.29, 1.82) is 0 Å². The van der Waals surface area contributed by atoms with E-state index in [1.807, 2.05) is 18.7 Å². The Bertz CT molecular complexity index is 493. The van der Waals surface area contributed by atoms with Crippen molar-refractivity contribution in [3.05, 3.63) is 48.5 Å². The molecule has 2 aromatic rings. The van der Waals surface area contributed by atoms with Crippen LogP contribution in [0.4, 0.5) is 11.4 Å². The zero-order chi connectivity index (χ0) is 13.7. The summed E-state index contributed by atoms with van der Waals surface area (Å²) in [4.78, 5) is 12.4. The topological polar surface area (TPSA) is 29.1 Å². The number of anilines is 2. The van der Waals surface area contributed by atoms with E-state index < -0.39 is 0 Å². The van der Waals surface area contributed by atoms with E-state index in [0.717, 1.165) is 0 Å². The molecule has 0 amide bonds. The van der Waals surface area contributed by atoms with Crippen LogP contribution in [0.5, 0.6) is 0 Å². The van der Waals surface area contributed by atoms with Crippen LogP contribution < -0.4 is 5.32 Å². The highest BCUT2D eigenvalue weighted by Gasteiger charge is 2.13. The van der Waals surface area contributed by atoms with Crippen LogP contribution in [0.25, 0.3) is 0 Å². The summed E-state index contributed by atoms with van der Waals surface area (Å²) in [5.74, 6) is 0.255. The van der Waals surface area contributed by atoms with Crippen molar-refractivity contribution in [3.63, 3.8) is 0 Å². The molecule has 1 aliphatic rings. The molecule has 1 heterocycles. The van der Waals surface area contributed by atoms with E-state index in [-0.39, 0.29) is 5.78 Å². The van der Waals surface area contributed by atoms with Gasteiger partial charge in [0.15, 0.2) is 0 Å². The summed E-state index contributed by atoms with van der Waals surface area (Å²) < 4.78 is 0. The maximum absolute atomic E-state index is 9.81. The van der Waals surface area contributed by atoms with Crippen LogP contribution >= 0.6 is 11.8 Å². The van der Waals surface area contributed by atoms with Crippen LogP contribution in [0, 0.1) is 0 Å². The molecule has 1 aliphatic heterocycles. The molecule has 19 heavy (non-hydrogen) atoms. The molecule has 0 radical (unpaired) electrons. The number of benzene rings is 2. The molecule has 1 N–H and O–H groups in total. The Balaban J connectivity index is 0.000000232. The number of fused-ring (bicyclic) bond motifs is 2. The number of Topliss-reactive ketones (excluding diaryl/α,β-unsaturated/α-hetero) is 1. The summed E-state index contributed by atoms with van der Waals surface area (Å²) in [5, 5.41) is 3.42. The molecule has 3 heteroatoms. The van der Waals surface area contributed by atoms with Gasteiger partial charge in [-0.15, -0.1) is 0 Å². The molecule has 0 aliphatic carbocycles. The summed E-state index contributed by atoms with van der Waals surface area (Å²) in [6.45, 7) is 3.43. The molecule has 0 bridgehead atoms. The monoisotopic (exact) mass is 271 g/mol. The molecule has 0 unspecified atom stereocenters. The Morgan fingerprint density at radius 1 is 1.00 bits per heavy atom. The highest BCUT2D eigenvalue weighted by Crippen LogP contribution is 2.43. The number of carbonyl (C=O) groups excluding carboxylic acids is 1. The van der Waals surface area contributed by atoms with Crippen molar-refractivity contribution in [3.8, 4) is 0 Å². The van der Waals surface area contributed by atoms with E-state index in [4.69, 9.17) is 0 Å². The number of carbonyl (C=O) groups is 1. The quantitative estimate of drug-likeness (QED) is 0.684. The van der Waals surface area contributed by atoms with Gasteiger partial charge in [-0.1, -0.05) is 43.0 Å². The Morgan fingerprint density at radius 3 is 1.84 bits per heavy atom. The Morgan fingerprint density at radius 2 is 1.42 bits per heavy atom. The summed E-state index contributed by atoms with van der Waals surface area (Å²) >= 11 is 1.82. The summed E-state index contributed by atoms with van der Waals surface area (Å²) in [7, 11) is 0. The summed E-state index contributed by atoms with van der Waals surface area (Å²) in [6, 6.07) is 16.8. The molecule has 2 nitrogen and oxygen atoms in total. The van der Waals surface area contributed by atoms with Gasteiger partial charge in [-0.3, -0.25) is 0 Å². The van der Waals surface area contributed by atoms with Crippen LogP contribution in [0.3, 0.4) is 0 Å². The molecule has 0 atom stereocenters. The minimum atomic E-state index is 0.255. The second-order valence-corrected chi connectivity index (χ2v) is 5.36. The average Bonchev–Trinajstić information content (AvgIpc) is 2.45. The van der Waals surface area contributed by atoms with Crippen molar-refractivity contribution in [2.45, 2.75) is 30.1 Å². The van der Waals surface area contributed by atoms with Gasteiger partial charge in [0.1, 0.15) is 5.78 Å². The lowest BCUT2D eigenvalue weighted by Crippen LogP contribution is -1.98. The molecule has 0 saturated carbocycles. The van der Waals surface area contributed by atoms with E-state index in [1.165, 1.54) is 21.2 Å². The van der Waals surface area contributed by atoms with Gasteiger partial charge in [-0.05, 0) is 31.2 Å². The van der Waals surface area contributed by atoms with E-state index in [0.29, 0.717) is 6.42 Å². The number of nitrogens with one attached hydrogen (secondary N) is 1. The lowest BCUT2D eigenvalue weighted by atomic mass is 10.2. The summed E-state index contributed by atoms with van der Waals surface area (Å²) in [5.41, 5.74) is 2.41. The standard InChI is InChI=1S/C12H9NS.C4H8O/c1-3-7-11-9(5-1)13-10-6-2-4-8-12(10)14-11;1-3-4(2)5/h1-8,13H;3H2,1-2H3. The molecule has 0 fully saturated rings. The molecule has 0 spiro atoms. The number of rotatable bonds is 1. The maximum atomic E-state index is 9.81. The van der Waals surface area contributed by atoms with E-state index in [1.54, 1.807) is 6.92 Å². The molecule has 2 aromatic carbocycles. The highest BCUT2D eigenvalue weighted by molar-refractivity contribution is 7.99. The van der Waals surface area contributed by atoms with Crippen LogP contribution in [-0.4, -0.2) is 5.78 Å². The molecular weight excluding hydrogens is 254 g/mol. The predicted octanol–water partition coefficient (Wildman–Crippen LogP) is 4.88. The second-order valence-electron chi connectivity index (χ2n) is 4.27. The fraction of sp³-hybridized carbons (Fsp3) is 0.188. The van der Waals surface area contributed by atoms with Crippen molar-refractivity contribution < 1.29 is 4.79 Å². The third-order valence-electron chi connectivity index (χ3n) is 2.76. The maximum Gasteiger partial charge on any atom is 0.129 e. The van der Waals surface area contributed by atoms with Gasteiger partial charge in [0.05, 0.1) is 11.4 Å². The summed E-state index contributed by atoms with van der Waals surface area (Å²) in [6.07, 6.45) is 0.667. The van der Waals surface area contributed by atoms with Gasteiger partial charge in [-0.25, -0.2) is 0 Å². The number of para-hydroxylation sites is 2. The first-order valence-corrected chi connectivity index (χ1v) is 7.14. The van der Waals surface area contributed by atoms with E-state index in [2.05, 4.69) is 53.8 Å².